The van der Waals surface area contributed by atoms with Gasteiger partial charge in [-0.2, -0.15) is 13.2 Å². The van der Waals surface area contributed by atoms with Gasteiger partial charge in [-0.15, -0.1) is 0 Å². The van der Waals surface area contributed by atoms with Gasteiger partial charge >= 0.3 is 6.18 Å². The van der Waals surface area contributed by atoms with Gasteiger partial charge in [0.05, 0.1) is 5.56 Å². The first-order valence-corrected chi connectivity index (χ1v) is 5.90. The van der Waals surface area contributed by atoms with Crippen LogP contribution in [0.25, 0.3) is 0 Å². The molecule has 0 fully saturated rings. The fourth-order valence-electron chi connectivity index (χ4n) is 1.63. The number of unbranched alkanes of at least 4 members (excludes halogenated alkanes) is 2. The van der Waals surface area contributed by atoms with Crippen LogP contribution in [0.1, 0.15) is 30.4 Å². The fraction of sp³-hybridized carbons (Fsp3) is 0.333. The number of alkyl halides is 3. The first kappa shape index (κ1) is 14.6. The van der Waals surface area contributed by atoms with Crippen molar-refractivity contribution in [2.75, 3.05) is 0 Å². The summed E-state index contributed by atoms with van der Waals surface area (Å²) in [4.78, 5) is 0. The van der Waals surface area contributed by atoms with E-state index in [4.69, 9.17) is 6.58 Å². The Bertz CT molecular complexity index is 385. The van der Waals surface area contributed by atoms with Gasteiger partial charge in [0.25, 0.3) is 0 Å². The normalized spacial score (nSPS) is 11.9. The van der Waals surface area contributed by atoms with Crippen molar-refractivity contribution >= 4 is 0 Å². The molecule has 0 aliphatic carbocycles. The summed E-state index contributed by atoms with van der Waals surface area (Å²) >= 11 is 0. The number of benzene rings is 1. The van der Waals surface area contributed by atoms with Crippen LogP contribution in [0.15, 0.2) is 42.5 Å². The van der Waals surface area contributed by atoms with Crippen molar-refractivity contribution in [3.05, 3.63) is 60.2 Å². The molecule has 0 saturated carbocycles. The molecule has 18 heavy (non-hydrogen) atoms. The van der Waals surface area contributed by atoms with E-state index in [1.807, 2.05) is 6.08 Å². The molecule has 0 amide bonds. The number of aryl methyl sites for hydroxylation is 1. The summed E-state index contributed by atoms with van der Waals surface area (Å²) in [7, 11) is 0. The SMILES string of the molecule is [CH]=C/C=C/CCCCc1ccc(C(F)(F)F)cc1. The van der Waals surface area contributed by atoms with E-state index in [-0.39, 0.29) is 0 Å². The Balaban J connectivity index is 2.36. The summed E-state index contributed by atoms with van der Waals surface area (Å²) < 4.78 is 37.0. The van der Waals surface area contributed by atoms with Gasteiger partial charge in [-0.25, -0.2) is 0 Å². The molecule has 1 aromatic carbocycles. The predicted molar refractivity (Wildman–Crippen MR) is 67.0 cm³/mol. The van der Waals surface area contributed by atoms with E-state index < -0.39 is 11.7 Å². The Labute approximate surface area is 106 Å². The van der Waals surface area contributed by atoms with E-state index in [2.05, 4.69) is 0 Å². The highest BCUT2D eigenvalue weighted by Crippen LogP contribution is 2.29. The van der Waals surface area contributed by atoms with Crippen molar-refractivity contribution in [2.45, 2.75) is 31.9 Å². The topological polar surface area (TPSA) is 0 Å². The summed E-state index contributed by atoms with van der Waals surface area (Å²) in [6.07, 6.45) is 4.71. The Morgan fingerprint density at radius 3 is 2.28 bits per heavy atom. The molecule has 0 aliphatic rings. The third kappa shape index (κ3) is 5.21. The van der Waals surface area contributed by atoms with Crippen molar-refractivity contribution in [1.82, 2.24) is 0 Å². The highest BCUT2D eigenvalue weighted by atomic mass is 19.4. The number of rotatable bonds is 6. The van der Waals surface area contributed by atoms with E-state index in [1.54, 1.807) is 18.2 Å². The first-order chi connectivity index (χ1) is 8.54. The highest BCUT2D eigenvalue weighted by Gasteiger charge is 2.29. The van der Waals surface area contributed by atoms with Crippen LogP contribution in [0.4, 0.5) is 13.2 Å². The van der Waals surface area contributed by atoms with Gasteiger partial charge in [-0.1, -0.05) is 36.9 Å². The minimum absolute atomic E-state index is 0.590. The molecule has 0 bridgehead atoms. The lowest BCUT2D eigenvalue weighted by Gasteiger charge is -2.07. The Hall–Kier alpha value is -1.51. The van der Waals surface area contributed by atoms with Gasteiger partial charge in [0.15, 0.2) is 0 Å². The van der Waals surface area contributed by atoms with Crippen molar-refractivity contribution < 1.29 is 13.2 Å². The molecule has 97 valence electrons. The quantitative estimate of drug-likeness (QED) is 0.496. The molecule has 1 radical (unpaired) electrons. The van der Waals surface area contributed by atoms with E-state index in [0.717, 1.165) is 43.4 Å². The number of hydrogen-bond acceptors (Lipinski definition) is 0. The van der Waals surface area contributed by atoms with Crippen molar-refractivity contribution in [3.8, 4) is 0 Å². The number of halogens is 3. The number of allylic oxidation sites excluding steroid dienone is 3. The standard InChI is InChI=1S/C15H16F3/c1-2-3-4-5-6-7-8-13-9-11-14(12-10-13)15(16,17)18/h1-4,9-12H,5-8H2/b2-1?,4-3+. The molecule has 0 heterocycles. The molecular weight excluding hydrogens is 237 g/mol. The van der Waals surface area contributed by atoms with Crippen LogP contribution >= 0.6 is 0 Å². The predicted octanol–water partition coefficient (Wildman–Crippen LogP) is 4.96. The smallest absolute Gasteiger partial charge is 0.166 e. The molecule has 1 rings (SSSR count). The molecular formula is C15H16F3. The van der Waals surface area contributed by atoms with Gasteiger partial charge in [0, 0.05) is 0 Å². The van der Waals surface area contributed by atoms with Gasteiger partial charge < -0.3 is 0 Å². The van der Waals surface area contributed by atoms with E-state index in [1.165, 1.54) is 6.08 Å². The monoisotopic (exact) mass is 253 g/mol. The molecule has 0 spiro atoms. The van der Waals surface area contributed by atoms with Gasteiger partial charge in [0.2, 0.25) is 0 Å². The highest BCUT2D eigenvalue weighted by molar-refractivity contribution is 5.24. The van der Waals surface area contributed by atoms with Gasteiger partial charge in [-0.05, 0) is 43.4 Å². The maximum absolute atomic E-state index is 12.3. The van der Waals surface area contributed by atoms with Crippen LogP contribution < -0.4 is 0 Å². The lowest BCUT2D eigenvalue weighted by Crippen LogP contribution is -2.04. The molecule has 0 unspecified atom stereocenters. The number of hydrogen-bond donors (Lipinski definition) is 0. The molecule has 0 aromatic heterocycles. The van der Waals surface area contributed by atoms with Gasteiger partial charge in [0.1, 0.15) is 0 Å². The molecule has 0 N–H and O–H groups in total. The van der Waals surface area contributed by atoms with Crippen LogP contribution in [0.5, 0.6) is 0 Å². The van der Waals surface area contributed by atoms with E-state index in [0.29, 0.717) is 0 Å². The largest absolute Gasteiger partial charge is 0.416 e. The van der Waals surface area contributed by atoms with E-state index in [9.17, 15) is 13.2 Å². The van der Waals surface area contributed by atoms with Crippen LogP contribution in [0.2, 0.25) is 0 Å². The summed E-state index contributed by atoms with van der Waals surface area (Å²) in [6.45, 7) is 5.18. The van der Waals surface area contributed by atoms with Gasteiger partial charge in [-0.3, -0.25) is 0 Å². The van der Waals surface area contributed by atoms with Crippen molar-refractivity contribution in [3.63, 3.8) is 0 Å². The van der Waals surface area contributed by atoms with E-state index >= 15 is 0 Å². The summed E-state index contributed by atoms with van der Waals surface area (Å²) in [6, 6.07) is 5.37. The van der Waals surface area contributed by atoms with Crippen LogP contribution in [0, 0.1) is 6.58 Å². The Morgan fingerprint density at radius 2 is 1.72 bits per heavy atom. The molecule has 0 nitrogen and oxygen atoms in total. The molecule has 0 saturated heterocycles. The third-order valence-corrected chi connectivity index (χ3v) is 2.61. The summed E-state index contributed by atoms with van der Waals surface area (Å²) in [5, 5.41) is 0. The fourth-order valence-corrected chi connectivity index (χ4v) is 1.63. The van der Waals surface area contributed by atoms with Crippen LogP contribution in [0.3, 0.4) is 0 Å². The zero-order valence-corrected chi connectivity index (χ0v) is 10.1. The Kier molecular flexibility index (Phi) is 5.69. The van der Waals surface area contributed by atoms with Crippen molar-refractivity contribution in [2.24, 2.45) is 0 Å². The van der Waals surface area contributed by atoms with Crippen molar-refractivity contribution in [1.29, 1.82) is 0 Å². The second-order valence-electron chi connectivity index (χ2n) is 4.06. The molecule has 3 heteroatoms. The Morgan fingerprint density at radius 1 is 1.06 bits per heavy atom. The zero-order chi connectivity index (χ0) is 13.4. The first-order valence-electron chi connectivity index (χ1n) is 5.90. The summed E-state index contributed by atoms with van der Waals surface area (Å²) in [5.41, 5.74) is 0.352. The molecule has 1 aromatic rings. The summed E-state index contributed by atoms with van der Waals surface area (Å²) in [5.74, 6) is 0. The molecule has 0 aliphatic heterocycles. The lowest BCUT2D eigenvalue weighted by molar-refractivity contribution is -0.137. The van der Waals surface area contributed by atoms with Crippen LogP contribution in [-0.2, 0) is 12.6 Å². The zero-order valence-electron chi connectivity index (χ0n) is 10.1. The maximum Gasteiger partial charge on any atom is 0.416 e. The minimum Gasteiger partial charge on any atom is -0.166 e. The molecule has 0 atom stereocenters. The second-order valence-corrected chi connectivity index (χ2v) is 4.06. The maximum atomic E-state index is 12.3. The minimum atomic E-state index is -4.25. The lowest BCUT2D eigenvalue weighted by atomic mass is 10.0. The average Bonchev–Trinajstić information content (AvgIpc) is 2.33. The van der Waals surface area contributed by atoms with Crippen LogP contribution in [-0.4, -0.2) is 0 Å². The third-order valence-electron chi connectivity index (χ3n) is 2.61. The second kappa shape index (κ2) is 7.04. The average molecular weight is 253 g/mol.